The van der Waals surface area contributed by atoms with E-state index < -0.39 is 0 Å². The molecule has 1 heterocycles. The molecule has 0 bridgehead atoms. The summed E-state index contributed by atoms with van der Waals surface area (Å²) in [5.41, 5.74) is 0. The molecule has 106 valence electrons. The maximum atomic E-state index is 11.7. The number of halogens is 1. The monoisotopic (exact) mass is 319 g/mol. The number of hydrogen-bond donors (Lipinski definition) is 1. The Morgan fingerprint density at radius 1 is 1.50 bits per heavy atom. The Morgan fingerprint density at radius 3 is 2.94 bits per heavy atom. The van der Waals surface area contributed by atoms with E-state index in [1.165, 1.54) is 12.8 Å². The summed E-state index contributed by atoms with van der Waals surface area (Å²) in [6, 6.07) is 0. The zero-order valence-electron chi connectivity index (χ0n) is 11.4. The molecule has 0 aromatic heterocycles. The number of carbonyl (C=O) groups is 1. The number of alkyl halides is 1. The molecule has 0 radical (unpaired) electrons. The third-order valence-corrected chi connectivity index (χ3v) is 3.98. The molecule has 18 heavy (non-hydrogen) atoms. The van der Waals surface area contributed by atoms with Gasteiger partial charge in [-0.3, -0.25) is 4.79 Å². The fourth-order valence-electron chi connectivity index (χ4n) is 2.42. The summed E-state index contributed by atoms with van der Waals surface area (Å²) >= 11 is 3.47. The smallest absolute Gasteiger partial charge is 0.220 e. The molecule has 1 amide bonds. The van der Waals surface area contributed by atoms with Crippen LogP contribution in [-0.4, -0.2) is 30.5 Å². The molecule has 1 N–H and O–H groups in total. The van der Waals surface area contributed by atoms with Crippen molar-refractivity contribution in [2.24, 2.45) is 5.92 Å². The first-order valence-electron chi connectivity index (χ1n) is 7.20. The van der Waals surface area contributed by atoms with Crippen LogP contribution in [0.2, 0.25) is 0 Å². The van der Waals surface area contributed by atoms with Gasteiger partial charge in [-0.2, -0.15) is 0 Å². The van der Waals surface area contributed by atoms with Gasteiger partial charge in [0.05, 0.1) is 6.10 Å². The Hall–Kier alpha value is -0.0900. The SMILES string of the molecule is CCCC(CCBr)CNC(=O)CCC1CCCO1. The Balaban J connectivity index is 2.10. The maximum absolute atomic E-state index is 11.7. The minimum Gasteiger partial charge on any atom is -0.378 e. The number of rotatable bonds is 9. The molecule has 1 rings (SSSR count). The summed E-state index contributed by atoms with van der Waals surface area (Å²) in [6.07, 6.45) is 7.59. The predicted octanol–water partition coefficient (Wildman–Crippen LogP) is 3.26. The van der Waals surface area contributed by atoms with Crippen LogP contribution in [0.15, 0.2) is 0 Å². The molecule has 0 spiro atoms. The van der Waals surface area contributed by atoms with Crippen molar-refractivity contribution in [2.45, 2.75) is 58.0 Å². The predicted molar refractivity (Wildman–Crippen MR) is 78.0 cm³/mol. The lowest BCUT2D eigenvalue weighted by Crippen LogP contribution is -2.30. The van der Waals surface area contributed by atoms with Crippen LogP contribution in [0.3, 0.4) is 0 Å². The first-order chi connectivity index (χ1) is 8.76. The summed E-state index contributed by atoms with van der Waals surface area (Å²) in [5.74, 6) is 0.794. The number of ether oxygens (including phenoxy) is 1. The van der Waals surface area contributed by atoms with Crippen molar-refractivity contribution in [2.75, 3.05) is 18.5 Å². The van der Waals surface area contributed by atoms with Gasteiger partial charge in [-0.05, 0) is 38.0 Å². The zero-order chi connectivity index (χ0) is 13.2. The largest absolute Gasteiger partial charge is 0.378 e. The highest BCUT2D eigenvalue weighted by atomic mass is 79.9. The molecule has 0 aromatic carbocycles. The van der Waals surface area contributed by atoms with Crippen molar-refractivity contribution in [1.82, 2.24) is 5.32 Å². The lowest BCUT2D eigenvalue weighted by molar-refractivity contribution is -0.121. The van der Waals surface area contributed by atoms with Crippen molar-refractivity contribution < 1.29 is 9.53 Å². The van der Waals surface area contributed by atoms with Crippen molar-refractivity contribution in [3.8, 4) is 0 Å². The van der Waals surface area contributed by atoms with Crippen molar-refractivity contribution in [3.05, 3.63) is 0 Å². The zero-order valence-corrected chi connectivity index (χ0v) is 13.0. The minimum absolute atomic E-state index is 0.182. The molecule has 2 atom stereocenters. The number of nitrogens with one attached hydrogen (secondary N) is 1. The first kappa shape index (κ1) is 16.0. The Bertz CT molecular complexity index is 224. The first-order valence-corrected chi connectivity index (χ1v) is 8.32. The number of amides is 1. The quantitative estimate of drug-likeness (QED) is 0.662. The van der Waals surface area contributed by atoms with E-state index in [9.17, 15) is 4.79 Å². The van der Waals surface area contributed by atoms with Crippen LogP contribution in [-0.2, 0) is 9.53 Å². The van der Waals surface area contributed by atoms with E-state index in [1.807, 2.05) is 0 Å². The summed E-state index contributed by atoms with van der Waals surface area (Å²) in [7, 11) is 0. The second-order valence-electron chi connectivity index (χ2n) is 5.11. The van der Waals surface area contributed by atoms with Crippen LogP contribution in [0.4, 0.5) is 0 Å². The molecule has 0 aromatic rings. The molecule has 1 fully saturated rings. The fourth-order valence-corrected chi connectivity index (χ4v) is 3.07. The van der Waals surface area contributed by atoms with E-state index >= 15 is 0 Å². The maximum Gasteiger partial charge on any atom is 0.220 e. The average Bonchev–Trinajstić information content (AvgIpc) is 2.87. The topological polar surface area (TPSA) is 38.3 Å². The van der Waals surface area contributed by atoms with Gasteiger partial charge in [0.25, 0.3) is 0 Å². The van der Waals surface area contributed by atoms with E-state index in [0.717, 1.165) is 44.2 Å². The molecule has 1 aliphatic rings. The van der Waals surface area contributed by atoms with Crippen LogP contribution in [0.25, 0.3) is 0 Å². The van der Waals surface area contributed by atoms with Crippen LogP contribution < -0.4 is 5.32 Å². The van der Waals surface area contributed by atoms with Crippen molar-refractivity contribution >= 4 is 21.8 Å². The van der Waals surface area contributed by atoms with Crippen LogP contribution in [0.5, 0.6) is 0 Å². The Morgan fingerprint density at radius 2 is 2.33 bits per heavy atom. The van der Waals surface area contributed by atoms with Gasteiger partial charge in [0.15, 0.2) is 0 Å². The van der Waals surface area contributed by atoms with Crippen molar-refractivity contribution in [1.29, 1.82) is 0 Å². The lowest BCUT2D eigenvalue weighted by Gasteiger charge is -2.16. The average molecular weight is 320 g/mol. The third-order valence-electron chi connectivity index (χ3n) is 3.52. The van der Waals surface area contributed by atoms with Crippen molar-refractivity contribution in [3.63, 3.8) is 0 Å². The van der Waals surface area contributed by atoms with E-state index in [0.29, 0.717) is 18.4 Å². The van der Waals surface area contributed by atoms with Gasteiger partial charge >= 0.3 is 0 Å². The second kappa shape index (κ2) is 9.79. The third kappa shape index (κ3) is 6.74. The highest BCUT2D eigenvalue weighted by Crippen LogP contribution is 2.17. The van der Waals surface area contributed by atoms with Gasteiger partial charge in [-0.1, -0.05) is 29.3 Å². The highest BCUT2D eigenvalue weighted by molar-refractivity contribution is 9.09. The molecule has 2 unspecified atom stereocenters. The van der Waals surface area contributed by atoms with Gasteiger partial charge in [0.2, 0.25) is 5.91 Å². The standard InChI is InChI=1S/C14H26BrNO2/c1-2-4-12(8-9-15)11-16-14(17)7-6-13-5-3-10-18-13/h12-13H,2-11H2,1H3,(H,16,17). The summed E-state index contributed by atoms with van der Waals surface area (Å²) in [5, 5.41) is 4.08. The summed E-state index contributed by atoms with van der Waals surface area (Å²) < 4.78 is 5.52. The molecule has 0 aliphatic carbocycles. The lowest BCUT2D eigenvalue weighted by atomic mass is 10.0. The van der Waals surface area contributed by atoms with E-state index in [1.54, 1.807) is 0 Å². The highest BCUT2D eigenvalue weighted by Gasteiger charge is 2.17. The minimum atomic E-state index is 0.182. The number of hydrogen-bond acceptors (Lipinski definition) is 2. The second-order valence-corrected chi connectivity index (χ2v) is 5.90. The van der Waals surface area contributed by atoms with Gasteiger partial charge in [0, 0.05) is 24.9 Å². The molecule has 0 saturated carbocycles. The fraction of sp³-hybridized carbons (Fsp3) is 0.929. The Kier molecular flexibility index (Phi) is 8.68. The van der Waals surface area contributed by atoms with E-state index in [4.69, 9.17) is 4.74 Å². The van der Waals surface area contributed by atoms with Gasteiger partial charge in [0.1, 0.15) is 0 Å². The van der Waals surface area contributed by atoms with Crippen LogP contribution in [0, 0.1) is 5.92 Å². The van der Waals surface area contributed by atoms with Crippen LogP contribution >= 0.6 is 15.9 Å². The molecule has 1 aliphatic heterocycles. The molecular weight excluding hydrogens is 294 g/mol. The molecule has 3 nitrogen and oxygen atoms in total. The van der Waals surface area contributed by atoms with Gasteiger partial charge in [-0.15, -0.1) is 0 Å². The normalized spacial score (nSPS) is 20.9. The molecule has 4 heteroatoms. The molecule has 1 saturated heterocycles. The van der Waals surface area contributed by atoms with Crippen LogP contribution in [0.1, 0.15) is 51.9 Å². The van der Waals surface area contributed by atoms with Gasteiger partial charge < -0.3 is 10.1 Å². The summed E-state index contributed by atoms with van der Waals surface area (Å²) in [4.78, 5) is 11.7. The van der Waals surface area contributed by atoms with Gasteiger partial charge in [-0.25, -0.2) is 0 Å². The Labute approximate surface area is 119 Å². The number of carbonyl (C=O) groups excluding carboxylic acids is 1. The van der Waals surface area contributed by atoms with E-state index in [-0.39, 0.29) is 5.91 Å². The van der Waals surface area contributed by atoms with E-state index in [2.05, 4.69) is 28.2 Å². The molecular formula is C14H26BrNO2. The summed E-state index contributed by atoms with van der Waals surface area (Å²) in [6.45, 7) is 3.89.